The fraction of sp³-hybridized carbons (Fsp3) is 0.316. The molecule has 3 rings (SSSR count). The Morgan fingerprint density at radius 2 is 2.20 bits per heavy atom. The van der Waals surface area contributed by atoms with Gasteiger partial charge in [0.15, 0.2) is 0 Å². The third-order valence-corrected chi connectivity index (χ3v) is 5.36. The van der Waals surface area contributed by atoms with Crippen molar-refractivity contribution in [1.29, 1.82) is 0 Å². The van der Waals surface area contributed by atoms with Crippen LogP contribution in [0.25, 0.3) is 4.85 Å². The summed E-state index contributed by atoms with van der Waals surface area (Å²) >= 11 is 3.51. The van der Waals surface area contributed by atoms with Gasteiger partial charge in [-0.2, -0.15) is 0 Å². The highest BCUT2D eigenvalue weighted by Crippen LogP contribution is 2.32. The van der Waals surface area contributed by atoms with E-state index in [0.717, 1.165) is 27.7 Å². The Kier molecular flexibility index (Phi) is 4.89. The number of aryl methyl sites for hydroxylation is 1. The summed E-state index contributed by atoms with van der Waals surface area (Å²) in [7, 11) is 0. The maximum atomic E-state index is 13.0. The van der Waals surface area contributed by atoms with E-state index in [0.29, 0.717) is 23.4 Å². The van der Waals surface area contributed by atoms with Crippen LogP contribution in [0.15, 0.2) is 28.9 Å². The van der Waals surface area contributed by atoms with E-state index in [9.17, 15) is 9.90 Å². The second kappa shape index (κ2) is 6.95. The van der Waals surface area contributed by atoms with E-state index in [1.807, 2.05) is 26.0 Å². The number of benzene rings is 1. The molecule has 0 radical (unpaired) electrons. The molecule has 1 aliphatic rings. The molecule has 1 N–H and O–H groups in total. The summed E-state index contributed by atoms with van der Waals surface area (Å²) in [4.78, 5) is 22.6. The van der Waals surface area contributed by atoms with Crippen molar-refractivity contribution in [3.8, 4) is 0 Å². The first-order chi connectivity index (χ1) is 12.0. The number of carbonyl (C=O) groups excluding carboxylic acids is 1. The summed E-state index contributed by atoms with van der Waals surface area (Å²) in [5.41, 5.74) is 4.50. The van der Waals surface area contributed by atoms with E-state index in [2.05, 4.69) is 25.8 Å². The molecule has 128 valence electrons. The van der Waals surface area contributed by atoms with Crippen molar-refractivity contribution in [3.63, 3.8) is 0 Å². The highest BCUT2D eigenvalue weighted by atomic mass is 79.9. The highest BCUT2D eigenvalue weighted by Gasteiger charge is 2.30. The summed E-state index contributed by atoms with van der Waals surface area (Å²) in [5, 5.41) is 9.40. The molecule has 0 bridgehead atoms. The van der Waals surface area contributed by atoms with Gasteiger partial charge in [0.2, 0.25) is 5.69 Å². The molecule has 1 unspecified atom stereocenters. The quantitative estimate of drug-likeness (QED) is 0.794. The van der Waals surface area contributed by atoms with Crippen LogP contribution in [-0.2, 0) is 13.0 Å². The molecular weight excluding hydrogens is 382 g/mol. The summed E-state index contributed by atoms with van der Waals surface area (Å²) < 4.78 is 0.866. The van der Waals surface area contributed by atoms with Crippen LogP contribution in [0.1, 0.15) is 45.7 Å². The third-order valence-electron chi connectivity index (χ3n) is 4.65. The zero-order chi connectivity index (χ0) is 18.1. The van der Waals surface area contributed by atoms with Crippen molar-refractivity contribution in [2.45, 2.75) is 32.9 Å². The fourth-order valence-electron chi connectivity index (χ4n) is 3.16. The number of hydrogen-bond donors (Lipinski definition) is 1. The van der Waals surface area contributed by atoms with Gasteiger partial charge >= 0.3 is 0 Å². The van der Waals surface area contributed by atoms with Gasteiger partial charge in [0, 0.05) is 22.8 Å². The Bertz CT molecular complexity index is 889. The van der Waals surface area contributed by atoms with E-state index in [1.165, 1.54) is 0 Å². The van der Waals surface area contributed by atoms with Crippen LogP contribution in [0.4, 0.5) is 5.69 Å². The predicted molar refractivity (Wildman–Crippen MR) is 98.5 cm³/mol. The summed E-state index contributed by atoms with van der Waals surface area (Å²) in [6.45, 7) is 11.5. The monoisotopic (exact) mass is 399 g/mol. The van der Waals surface area contributed by atoms with Crippen LogP contribution in [0.3, 0.4) is 0 Å². The molecule has 0 spiro atoms. The summed E-state index contributed by atoms with van der Waals surface area (Å²) in [6.07, 6.45) is 2.31. The molecule has 2 heterocycles. The van der Waals surface area contributed by atoms with Crippen molar-refractivity contribution < 1.29 is 9.90 Å². The second-order valence-corrected chi connectivity index (χ2v) is 7.05. The number of hydrogen-bond acceptors (Lipinski definition) is 3. The minimum Gasteiger partial charge on any atom is -0.392 e. The molecule has 1 aromatic heterocycles. The lowest BCUT2D eigenvalue weighted by atomic mass is 9.95. The fourth-order valence-corrected chi connectivity index (χ4v) is 3.87. The van der Waals surface area contributed by atoms with Crippen LogP contribution in [-0.4, -0.2) is 27.4 Å². The summed E-state index contributed by atoms with van der Waals surface area (Å²) in [6, 6.07) is 5.32. The van der Waals surface area contributed by atoms with Crippen LogP contribution >= 0.6 is 15.9 Å². The van der Waals surface area contributed by atoms with Gasteiger partial charge in [0.05, 0.1) is 24.9 Å². The third kappa shape index (κ3) is 3.17. The molecule has 1 atom stereocenters. The van der Waals surface area contributed by atoms with E-state index in [4.69, 9.17) is 6.57 Å². The Balaban J connectivity index is 1.95. The van der Waals surface area contributed by atoms with E-state index >= 15 is 0 Å². The molecule has 1 amide bonds. The number of fused-ring (bicyclic) bond motifs is 1. The van der Waals surface area contributed by atoms with Crippen LogP contribution in [0, 0.1) is 13.5 Å². The van der Waals surface area contributed by atoms with Crippen molar-refractivity contribution in [1.82, 2.24) is 9.88 Å². The number of rotatable bonds is 3. The van der Waals surface area contributed by atoms with Gasteiger partial charge in [0.1, 0.15) is 0 Å². The van der Waals surface area contributed by atoms with Gasteiger partial charge in [-0.15, -0.1) is 0 Å². The molecule has 2 aromatic rings. The average molecular weight is 400 g/mol. The average Bonchev–Trinajstić information content (AvgIpc) is 2.61. The lowest BCUT2D eigenvalue weighted by Crippen LogP contribution is -2.39. The molecular formula is C19H18BrN3O2. The zero-order valence-electron chi connectivity index (χ0n) is 14.1. The Labute approximate surface area is 155 Å². The SMILES string of the molecule is [C-]#[N+]c1cnc(C(C)N2CCc3c(Br)cc(CO)cc3C2=O)cc1C. The van der Waals surface area contributed by atoms with Crippen LogP contribution < -0.4 is 0 Å². The maximum Gasteiger partial charge on any atom is 0.254 e. The van der Waals surface area contributed by atoms with E-state index in [-0.39, 0.29) is 18.6 Å². The van der Waals surface area contributed by atoms with Crippen molar-refractivity contribution in [2.24, 2.45) is 0 Å². The largest absolute Gasteiger partial charge is 0.392 e. The number of aliphatic hydroxyl groups is 1. The number of aliphatic hydroxyl groups excluding tert-OH is 1. The van der Waals surface area contributed by atoms with Crippen molar-refractivity contribution in [3.05, 3.63) is 68.2 Å². The molecule has 5 nitrogen and oxygen atoms in total. The minimum absolute atomic E-state index is 0.0570. The Hall–Kier alpha value is -2.23. The van der Waals surface area contributed by atoms with Crippen molar-refractivity contribution in [2.75, 3.05) is 6.54 Å². The molecule has 1 aliphatic heterocycles. The number of halogens is 1. The molecule has 6 heteroatoms. The highest BCUT2D eigenvalue weighted by molar-refractivity contribution is 9.10. The van der Waals surface area contributed by atoms with Gasteiger partial charge in [0.25, 0.3) is 5.91 Å². The number of carbonyl (C=O) groups is 1. The first-order valence-corrected chi connectivity index (χ1v) is 8.82. The minimum atomic E-state index is -0.185. The molecule has 0 aliphatic carbocycles. The second-order valence-electron chi connectivity index (χ2n) is 6.19. The normalized spacial score (nSPS) is 14.8. The zero-order valence-corrected chi connectivity index (χ0v) is 15.7. The van der Waals surface area contributed by atoms with Crippen LogP contribution in [0.5, 0.6) is 0 Å². The predicted octanol–water partition coefficient (Wildman–Crippen LogP) is 3.96. The standard InChI is InChI=1S/C19H18BrN3O2/c1-11-6-17(22-9-18(11)21-3)12(2)23-5-4-14-15(19(23)25)7-13(10-24)8-16(14)20/h6-9,12,24H,4-5,10H2,1-2H3. The lowest BCUT2D eigenvalue weighted by Gasteiger charge is -2.34. The number of amides is 1. The smallest absolute Gasteiger partial charge is 0.254 e. The molecule has 0 saturated carbocycles. The molecule has 25 heavy (non-hydrogen) atoms. The van der Waals surface area contributed by atoms with Crippen LogP contribution in [0.2, 0.25) is 0 Å². The number of nitrogens with zero attached hydrogens (tertiary/aromatic N) is 3. The maximum absolute atomic E-state index is 13.0. The van der Waals surface area contributed by atoms with E-state index in [1.54, 1.807) is 17.2 Å². The van der Waals surface area contributed by atoms with E-state index < -0.39 is 0 Å². The topological polar surface area (TPSA) is 57.8 Å². The van der Waals surface area contributed by atoms with Gasteiger partial charge in [-0.1, -0.05) is 15.9 Å². The number of pyridine rings is 1. The Morgan fingerprint density at radius 1 is 1.44 bits per heavy atom. The summed E-state index contributed by atoms with van der Waals surface area (Å²) in [5.74, 6) is -0.0570. The molecule has 1 aromatic carbocycles. The lowest BCUT2D eigenvalue weighted by molar-refractivity contribution is 0.0668. The van der Waals surface area contributed by atoms with Crippen molar-refractivity contribution >= 4 is 27.5 Å². The molecule has 0 saturated heterocycles. The Morgan fingerprint density at radius 3 is 2.84 bits per heavy atom. The van der Waals surface area contributed by atoms with Gasteiger partial charge in [-0.3, -0.25) is 9.78 Å². The first kappa shape index (κ1) is 17.6. The molecule has 0 fully saturated rings. The first-order valence-electron chi connectivity index (χ1n) is 8.03. The number of aromatic nitrogens is 1. The van der Waals surface area contributed by atoms with Gasteiger partial charge in [-0.25, -0.2) is 4.85 Å². The van der Waals surface area contributed by atoms with Gasteiger partial charge < -0.3 is 10.0 Å². The van der Waals surface area contributed by atoms with Gasteiger partial charge in [-0.05, 0) is 55.2 Å².